The molecular formula is C13H23NS. The highest BCUT2D eigenvalue weighted by atomic mass is 32.2. The minimum Gasteiger partial charge on any atom is -0.299 e. The summed E-state index contributed by atoms with van der Waals surface area (Å²) in [4.78, 5) is 0. The van der Waals surface area contributed by atoms with Crippen molar-refractivity contribution in [2.75, 3.05) is 5.75 Å². The van der Waals surface area contributed by atoms with Crippen LogP contribution >= 0.6 is 11.8 Å². The number of rotatable bonds is 2. The van der Waals surface area contributed by atoms with Crippen LogP contribution < -0.4 is 5.32 Å². The molecule has 0 amide bonds. The topological polar surface area (TPSA) is 12.0 Å². The highest BCUT2D eigenvalue weighted by Crippen LogP contribution is 2.54. The monoisotopic (exact) mass is 225 g/mol. The van der Waals surface area contributed by atoms with Gasteiger partial charge in [0.2, 0.25) is 0 Å². The van der Waals surface area contributed by atoms with Crippen molar-refractivity contribution < 1.29 is 0 Å². The highest BCUT2D eigenvalue weighted by Gasteiger charge is 2.53. The van der Waals surface area contributed by atoms with Crippen LogP contribution in [0.1, 0.15) is 46.0 Å². The third-order valence-electron chi connectivity index (χ3n) is 4.65. The normalized spacial score (nSPS) is 48.6. The zero-order valence-electron chi connectivity index (χ0n) is 9.96. The summed E-state index contributed by atoms with van der Waals surface area (Å²) in [6, 6.07) is 0. The van der Waals surface area contributed by atoms with Crippen molar-refractivity contribution in [1.82, 2.24) is 5.32 Å². The fourth-order valence-electron chi connectivity index (χ4n) is 4.01. The molecule has 2 bridgehead atoms. The van der Waals surface area contributed by atoms with Crippen molar-refractivity contribution in [3.05, 3.63) is 0 Å². The predicted molar refractivity (Wildman–Crippen MR) is 67.0 cm³/mol. The lowest BCUT2D eigenvalue weighted by Crippen LogP contribution is -2.49. The SMILES string of the molecule is CC(C)CC1NC2(CS1)CC1CCC2C1. The van der Waals surface area contributed by atoms with E-state index < -0.39 is 0 Å². The Hall–Kier alpha value is 0.310. The van der Waals surface area contributed by atoms with Gasteiger partial charge in [0.15, 0.2) is 0 Å². The smallest absolute Gasteiger partial charge is 0.0539 e. The van der Waals surface area contributed by atoms with Crippen LogP contribution in [0.4, 0.5) is 0 Å². The molecule has 15 heavy (non-hydrogen) atoms. The lowest BCUT2D eigenvalue weighted by Gasteiger charge is -2.34. The zero-order valence-corrected chi connectivity index (χ0v) is 10.8. The second kappa shape index (κ2) is 3.66. The molecule has 0 radical (unpaired) electrons. The first-order chi connectivity index (χ1) is 7.18. The molecule has 2 heteroatoms. The van der Waals surface area contributed by atoms with E-state index >= 15 is 0 Å². The van der Waals surface area contributed by atoms with Gasteiger partial charge in [-0.2, -0.15) is 0 Å². The molecule has 2 aliphatic carbocycles. The summed E-state index contributed by atoms with van der Waals surface area (Å²) in [6.45, 7) is 4.68. The first-order valence-electron chi connectivity index (χ1n) is 6.57. The lowest BCUT2D eigenvalue weighted by molar-refractivity contribution is 0.239. The van der Waals surface area contributed by atoms with Crippen molar-refractivity contribution in [3.8, 4) is 0 Å². The Morgan fingerprint density at radius 1 is 1.40 bits per heavy atom. The molecule has 3 rings (SSSR count). The van der Waals surface area contributed by atoms with Crippen molar-refractivity contribution in [1.29, 1.82) is 0 Å². The molecule has 1 spiro atoms. The van der Waals surface area contributed by atoms with E-state index in [4.69, 9.17) is 0 Å². The molecule has 1 saturated heterocycles. The van der Waals surface area contributed by atoms with Crippen molar-refractivity contribution in [2.45, 2.75) is 56.9 Å². The molecule has 1 heterocycles. The highest BCUT2D eigenvalue weighted by molar-refractivity contribution is 8.00. The van der Waals surface area contributed by atoms with E-state index in [1.165, 1.54) is 37.9 Å². The molecule has 86 valence electrons. The molecule has 4 atom stereocenters. The molecule has 0 aromatic carbocycles. The number of fused-ring (bicyclic) bond motifs is 3. The Labute approximate surface area is 97.8 Å². The van der Waals surface area contributed by atoms with E-state index in [2.05, 4.69) is 30.9 Å². The molecular weight excluding hydrogens is 202 g/mol. The number of nitrogens with one attached hydrogen (secondary N) is 1. The Kier molecular flexibility index (Phi) is 2.55. The van der Waals surface area contributed by atoms with Gasteiger partial charge in [-0.15, -0.1) is 11.8 Å². The van der Waals surface area contributed by atoms with Crippen LogP contribution in [0.15, 0.2) is 0 Å². The third kappa shape index (κ3) is 1.74. The fourth-order valence-corrected chi connectivity index (χ4v) is 5.78. The number of hydrogen-bond donors (Lipinski definition) is 1. The van der Waals surface area contributed by atoms with Crippen LogP contribution in [0, 0.1) is 17.8 Å². The Morgan fingerprint density at radius 3 is 2.87 bits per heavy atom. The van der Waals surface area contributed by atoms with Gasteiger partial charge in [0.1, 0.15) is 0 Å². The van der Waals surface area contributed by atoms with Crippen LogP contribution in [-0.4, -0.2) is 16.7 Å². The lowest BCUT2D eigenvalue weighted by atomic mass is 9.82. The number of thioether (sulfide) groups is 1. The zero-order chi connectivity index (χ0) is 10.5. The molecule has 0 aromatic rings. The summed E-state index contributed by atoms with van der Waals surface area (Å²) in [7, 11) is 0. The third-order valence-corrected chi connectivity index (χ3v) is 6.05. The van der Waals surface area contributed by atoms with Gasteiger partial charge in [0.05, 0.1) is 5.37 Å². The van der Waals surface area contributed by atoms with E-state index in [0.717, 1.165) is 23.1 Å². The maximum absolute atomic E-state index is 3.99. The molecule has 3 aliphatic rings. The maximum Gasteiger partial charge on any atom is 0.0539 e. The fraction of sp³-hybridized carbons (Fsp3) is 1.00. The van der Waals surface area contributed by atoms with E-state index in [9.17, 15) is 0 Å². The van der Waals surface area contributed by atoms with Crippen LogP contribution in [0.2, 0.25) is 0 Å². The largest absolute Gasteiger partial charge is 0.299 e. The average Bonchev–Trinajstić information content (AvgIpc) is 2.81. The second-order valence-corrected chi connectivity index (χ2v) is 7.50. The van der Waals surface area contributed by atoms with Crippen molar-refractivity contribution >= 4 is 11.8 Å². The summed E-state index contributed by atoms with van der Waals surface area (Å²) >= 11 is 2.20. The summed E-state index contributed by atoms with van der Waals surface area (Å²) in [5.74, 6) is 4.32. The Morgan fingerprint density at radius 2 is 2.27 bits per heavy atom. The molecule has 1 aliphatic heterocycles. The second-order valence-electron chi connectivity index (χ2n) is 6.31. The average molecular weight is 225 g/mol. The van der Waals surface area contributed by atoms with E-state index in [1.54, 1.807) is 0 Å². The molecule has 4 unspecified atom stereocenters. The van der Waals surface area contributed by atoms with Crippen molar-refractivity contribution in [3.63, 3.8) is 0 Å². The molecule has 3 fully saturated rings. The summed E-state index contributed by atoms with van der Waals surface area (Å²) in [5, 5.41) is 4.75. The molecule has 2 saturated carbocycles. The molecule has 1 nitrogen and oxygen atoms in total. The van der Waals surface area contributed by atoms with Gasteiger partial charge in [-0.1, -0.05) is 20.3 Å². The van der Waals surface area contributed by atoms with E-state index in [0.29, 0.717) is 5.54 Å². The standard InChI is InChI=1S/C13H23NS/c1-9(2)5-12-14-13(8-15-12)7-10-3-4-11(13)6-10/h9-12,14H,3-8H2,1-2H3. The summed E-state index contributed by atoms with van der Waals surface area (Å²) in [6.07, 6.45) is 7.39. The van der Waals surface area contributed by atoms with Gasteiger partial charge in [-0.3, -0.25) is 5.32 Å². The number of hydrogen-bond acceptors (Lipinski definition) is 2. The quantitative estimate of drug-likeness (QED) is 0.774. The Bertz CT molecular complexity index is 253. The van der Waals surface area contributed by atoms with Crippen LogP contribution in [-0.2, 0) is 0 Å². The minimum absolute atomic E-state index is 0.577. The van der Waals surface area contributed by atoms with E-state index in [1.807, 2.05) is 0 Å². The van der Waals surface area contributed by atoms with Gasteiger partial charge >= 0.3 is 0 Å². The Balaban J connectivity index is 1.65. The maximum atomic E-state index is 3.99. The first-order valence-corrected chi connectivity index (χ1v) is 7.62. The van der Waals surface area contributed by atoms with Gasteiger partial charge < -0.3 is 0 Å². The molecule has 1 N–H and O–H groups in total. The minimum atomic E-state index is 0.577. The summed E-state index contributed by atoms with van der Waals surface area (Å²) in [5.41, 5.74) is 0.577. The predicted octanol–water partition coefficient (Wildman–Crippen LogP) is 3.25. The van der Waals surface area contributed by atoms with Gasteiger partial charge in [-0.25, -0.2) is 0 Å². The van der Waals surface area contributed by atoms with Gasteiger partial charge in [0, 0.05) is 11.3 Å². The first kappa shape index (κ1) is 10.5. The van der Waals surface area contributed by atoms with Crippen LogP contribution in [0.25, 0.3) is 0 Å². The van der Waals surface area contributed by atoms with Crippen LogP contribution in [0.3, 0.4) is 0 Å². The van der Waals surface area contributed by atoms with Crippen molar-refractivity contribution in [2.24, 2.45) is 17.8 Å². The van der Waals surface area contributed by atoms with E-state index in [-0.39, 0.29) is 0 Å². The van der Waals surface area contributed by atoms with Gasteiger partial charge in [-0.05, 0) is 43.4 Å². The van der Waals surface area contributed by atoms with Crippen LogP contribution in [0.5, 0.6) is 0 Å². The molecule has 0 aromatic heterocycles. The van der Waals surface area contributed by atoms with Gasteiger partial charge in [0.25, 0.3) is 0 Å². The summed E-state index contributed by atoms with van der Waals surface area (Å²) < 4.78 is 0.